The number of nitrogens with one attached hydrogen (secondary N) is 2. The van der Waals surface area contributed by atoms with Gasteiger partial charge >= 0.3 is 0 Å². The largest absolute Gasteiger partial charge is 0.478 e. The minimum absolute atomic E-state index is 0.135. The second-order valence-corrected chi connectivity index (χ2v) is 7.36. The van der Waals surface area contributed by atoms with Gasteiger partial charge in [0.05, 0.1) is 22.3 Å². The second kappa shape index (κ2) is 6.79. The Hall–Kier alpha value is -2.88. The molecule has 9 nitrogen and oxygen atoms in total. The first-order valence-electron chi connectivity index (χ1n) is 8.05. The number of carbonyl (C=O) groups is 2. The summed E-state index contributed by atoms with van der Waals surface area (Å²) < 4.78 is 34.0. The number of sulfonamides is 1. The predicted molar refractivity (Wildman–Crippen MR) is 92.3 cm³/mol. The zero-order valence-corrected chi connectivity index (χ0v) is 15.0. The summed E-state index contributed by atoms with van der Waals surface area (Å²) in [5.41, 5.74) is 0.379. The number of benzene rings is 1. The third-order valence-electron chi connectivity index (χ3n) is 3.90. The van der Waals surface area contributed by atoms with Gasteiger partial charge in [0.25, 0.3) is 21.8 Å². The Morgan fingerprint density at radius 2 is 2.15 bits per heavy atom. The molecule has 1 aromatic heterocycles. The Kier molecular flexibility index (Phi) is 4.68. The lowest BCUT2D eigenvalue weighted by molar-refractivity contribution is -0.123. The number of anilines is 1. The van der Waals surface area contributed by atoms with Crippen LogP contribution in [0.3, 0.4) is 0 Å². The average Bonchev–Trinajstić information content (AvgIpc) is 3.09. The maximum absolute atomic E-state index is 12.5. The molecule has 2 N–H and O–H groups in total. The fourth-order valence-corrected chi connectivity index (χ4v) is 3.46. The average molecular weight is 378 g/mol. The molecule has 0 saturated carbocycles. The molecule has 0 radical (unpaired) electrons. The van der Waals surface area contributed by atoms with E-state index >= 15 is 0 Å². The quantitative estimate of drug-likeness (QED) is 0.805. The molecule has 1 aliphatic rings. The van der Waals surface area contributed by atoms with E-state index in [2.05, 4.69) is 10.4 Å². The molecule has 0 fully saturated rings. The first-order chi connectivity index (χ1) is 12.3. The van der Waals surface area contributed by atoms with Crippen molar-refractivity contribution >= 4 is 27.5 Å². The molecule has 0 aliphatic carbocycles. The molecule has 138 valence electrons. The van der Waals surface area contributed by atoms with Gasteiger partial charge in [0.1, 0.15) is 5.75 Å². The highest BCUT2D eigenvalue weighted by Crippen LogP contribution is 2.32. The third-order valence-corrected chi connectivity index (χ3v) is 5.23. The van der Waals surface area contributed by atoms with Gasteiger partial charge in [0.2, 0.25) is 0 Å². The van der Waals surface area contributed by atoms with Crippen LogP contribution < -0.4 is 14.8 Å². The maximum Gasteiger partial charge on any atom is 0.268 e. The van der Waals surface area contributed by atoms with E-state index in [0.29, 0.717) is 18.7 Å². The van der Waals surface area contributed by atoms with Gasteiger partial charge in [-0.25, -0.2) is 13.1 Å². The van der Waals surface area contributed by atoms with Crippen molar-refractivity contribution in [2.45, 2.75) is 37.8 Å². The maximum atomic E-state index is 12.5. The number of nitrogens with zero attached hydrogens (tertiary/aromatic N) is 2. The molecular weight excluding hydrogens is 360 g/mol. The normalized spacial score (nSPS) is 16.4. The lowest BCUT2D eigenvalue weighted by Crippen LogP contribution is -2.36. The Morgan fingerprint density at radius 3 is 2.81 bits per heavy atom. The molecule has 3 rings (SSSR count). The molecule has 2 aromatic rings. The van der Waals surface area contributed by atoms with Crippen molar-refractivity contribution in [1.29, 1.82) is 0 Å². The highest BCUT2D eigenvalue weighted by atomic mass is 32.2. The van der Waals surface area contributed by atoms with Crippen LogP contribution in [0.5, 0.6) is 5.75 Å². The summed E-state index contributed by atoms with van der Waals surface area (Å²) in [4.78, 5) is 23.9. The Balaban J connectivity index is 1.83. The summed E-state index contributed by atoms with van der Waals surface area (Å²) in [6.45, 7) is 4.21. The lowest BCUT2D eigenvalue weighted by atomic mass is 10.2. The molecule has 10 heteroatoms. The summed E-state index contributed by atoms with van der Waals surface area (Å²) in [5.74, 6) is -0.745. The number of fused-ring (bicyclic) bond motifs is 1. The molecule has 1 atom stereocenters. The number of ether oxygens (including phenoxy) is 1. The minimum Gasteiger partial charge on any atom is -0.478 e. The standard InChI is InChI=1S/C16H18N4O5S/c1-3-13-16(22)18-12-7-11(5-6-14(12)25-13)26(23,24)19-15(21)10-8-17-20(4-2)9-10/h5-9,13H,3-4H2,1-2H3,(H,18,22)(H,19,21). The summed E-state index contributed by atoms with van der Waals surface area (Å²) in [7, 11) is -4.12. The Bertz CT molecular complexity index is 967. The summed E-state index contributed by atoms with van der Waals surface area (Å²) in [6.07, 6.45) is 2.63. The minimum atomic E-state index is -4.12. The number of carbonyl (C=O) groups excluding carboxylic acids is 2. The van der Waals surface area contributed by atoms with Gasteiger partial charge in [0, 0.05) is 12.7 Å². The molecule has 0 saturated heterocycles. The number of aryl methyl sites for hydroxylation is 1. The van der Waals surface area contributed by atoms with Crippen LogP contribution >= 0.6 is 0 Å². The van der Waals surface area contributed by atoms with E-state index < -0.39 is 22.0 Å². The molecule has 1 aliphatic heterocycles. The SMILES string of the molecule is CCC1Oc2ccc(S(=O)(=O)NC(=O)c3cnn(CC)c3)cc2NC1=O. The first-order valence-corrected chi connectivity index (χ1v) is 9.53. The van der Waals surface area contributed by atoms with Crippen LogP contribution in [0.1, 0.15) is 30.6 Å². The number of hydrogen-bond donors (Lipinski definition) is 2. The zero-order chi connectivity index (χ0) is 18.9. The summed E-state index contributed by atoms with van der Waals surface area (Å²) in [5, 5.41) is 6.55. The predicted octanol–water partition coefficient (Wildman–Crippen LogP) is 1.13. The van der Waals surface area contributed by atoms with Crippen molar-refractivity contribution < 1.29 is 22.7 Å². The van der Waals surface area contributed by atoms with Crippen molar-refractivity contribution in [2.24, 2.45) is 0 Å². The van der Waals surface area contributed by atoms with Crippen molar-refractivity contribution in [1.82, 2.24) is 14.5 Å². The van der Waals surface area contributed by atoms with Gasteiger partial charge in [-0.3, -0.25) is 14.3 Å². The molecule has 0 spiro atoms. The molecule has 26 heavy (non-hydrogen) atoms. The van der Waals surface area contributed by atoms with E-state index in [1.54, 1.807) is 0 Å². The van der Waals surface area contributed by atoms with E-state index in [4.69, 9.17) is 4.74 Å². The van der Waals surface area contributed by atoms with Crippen LogP contribution in [-0.4, -0.2) is 36.1 Å². The van der Waals surface area contributed by atoms with E-state index in [9.17, 15) is 18.0 Å². The van der Waals surface area contributed by atoms with Gasteiger partial charge < -0.3 is 10.1 Å². The van der Waals surface area contributed by atoms with Crippen LogP contribution in [0, 0.1) is 0 Å². The van der Waals surface area contributed by atoms with Gasteiger partial charge in [0.15, 0.2) is 6.10 Å². The van der Waals surface area contributed by atoms with Crippen molar-refractivity contribution in [2.75, 3.05) is 5.32 Å². The molecular formula is C16H18N4O5S. The first kappa shape index (κ1) is 17.9. The Morgan fingerprint density at radius 1 is 1.38 bits per heavy atom. The second-order valence-electron chi connectivity index (χ2n) is 5.68. The van der Waals surface area contributed by atoms with Crippen molar-refractivity contribution in [3.63, 3.8) is 0 Å². The fraction of sp³-hybridized carbons (Fsp3) is 0.312. The highest BCUT2D eigenvalue weighted by molar-refractivity contribution is 7.90. The van der Waals surface area contributed by atoms with Crippen LogP contribution in [0.25, 0.3) is 0 Å². The van der Waals surface area contributed by atoms with Crippen LogP contribution in [-0.2, 0) is 21.4 Å². The number of hydrogen-bond acceptors (Lipinski definition) is 6. The van der Waals surface area contributed by atoms with Crippen molar-refractivity contribution in [3.8, 4) is 5.75 Å². The number of aromatic nitrogens is 2. The van der Waals surface area contributed by atoms with Crippen LogP contribution in [0.15, 0.2) is 35.5 Å². The van der Waals surface area contributed by atoms with Gasteiger partial charge in [-0.2, -0.15) is 5.10 Å². The monoisotopic (exact) mass is 378 g/mol. The molecule has 0 bridgehead atoms. The number of rotatable bonds is 5. The lowest BCUT2D eigenvalue weighted by Gasteiger charge is -2.25. The molecule has 1 unspecified atom stereocenters. The smallest absolute Gasteiger partial charge is 0.268 e. The van der Waals surface area contributed by atoms with Gasteiger partial charge in [-0.05, 0) is 31.5 Å². The van der Waals surface area contributed by atoms with E-state index in [-0.39, 0.29) is 22.1 Å². The van der Waals surface area contributed by atoms with Gasteiger partial charge in [-0.1, -0.05) is 6.92 Å². The van der Waals surface area contributed by atoms with Crippen LogP contribution in [0.2, 0.25) is 0 Å². The van der Waals surface area contributed by atoms with Crippen LogP contribution in [0.4, 0.5) is 5.69 Å². The third kappa shape index (κ3) is 3.40. The molecule has 1 aromatic carbocycles. The Labute approximate surface area is 150 Å². The zero-order valence-electron chi connectivity index (χ0n) is 14.2. The summed E-state index contributed by atoms with van der Waals surface area (Å²) >= 11 is 0. The highest BCUT2D eigenvalue weighted by Gasteiger charge is 2.28. The molecule has 2 amide bonds. The van der Waals surface area contributed by atoms with E-state index in [1.165, 1.54) is 35.3 Å². The van der Waals surface area contributed by atoms with E-state index in [1.807, 2.05) is 18.6 Å². The number of amides is 2. The van der Waals surface area contributed by atoms with Gasteiger partial charge in [-0.15, -0.1) is 0 Å². The topological polar surface area (TPSA) is 119 Å². The summed E-state index contributed by atoms with van der Waals surface area (Å²) in [6, 6.07) is 4.02. The van der Waals surface area contributed by atoms with Crippen molar-refractivity contribution in [3.05, 3.63) is 36.2 Å². The van der Waals surface area contributed by atoms with E-state index in [0.717, 1.165) is 0 Å². The fourth-order valence-electron chi connectivity index (χ4n) is 2.46. The molecule has 2 heterocycles.